The molecule has 6 nitrogen and oxygen atoms in total. The molecule has 1 aromatic carbocycles. The molecule has 0 aliphatic carbocycles. The third-order valence-corrected chi connectivity index (χ3v) is 2.98. The number of aromatic nitrogens is 1. The number of hydrogen-bond acceptors (Lipinski definition) is 5. The fraction of sp³-hybridized carbons (Fsp3) is 0.286. The average molecular weight is 274 g/mol. The topological polar surface area (TPSA) is 73.6 Å². The van der Waals surface area contributed by atoms with E-state index in [1.54, 1.807) is 25.1 Å². The smallest absolute Gasteiger partial charge is 0.232 e. The number of anilines is 1. The van der Waals surface area contributed by atoms with Crippen LogP contribution in [0.2, 0.25) is 0 Å². The summed E-state index contributed by atoms with van der Waals surface area (Å²) in [7, 11) is 0. The normalized spacial score (nSPS) is 12.5. The van der Waals surface area contributed by atoms with Gasteiger partial charge in [0.25, 0.3) is 0 Å². The number of nitrogens with zero attached hydrogens (tertiary/aromatic N) is 1. The molecule has 1 amide bonds. The third-order valence-electron chi connectivity index (χ3n) is 2.98. The van der Waals surface area contributed by atoms with Crippen molar-refractivity contribution < 1.29 is 18.7 Å². The van der Waals surface area contributed by atoms with Crippen LogP contribution in [-0.4, -0.2) is 17.7 Å². The van der Waals surface area contributed by atoms with Gasteiger partial charge in [0.15, 0.2) is 17.4 Å². The van der Waals surface area contributed by atoms with Crippen molar-refractivity contribution in [2.24, 2.45) is 0 Å². The van der Waals surface area contributed by atoms with Gasteiger partial charge in [-0.3, -0.25) is 4.79 Å². The molecular formula is C14H14N2O4. The molecule has 104 valence electrons. The van der Waals surface area contributed by atoms with Crippen molar-refractivity contribution in [1.29, 1.82) is 0 Å². The number of aryl methyl sites for hydroxylation is 2. The molecule has 0 spiro atoms. The van der Waals surface area contributed by atoms with Gasteiger partial charge in [-0.25, -0.2) is 4.98 Å². The number of oxazole rings is 1. The molecule has 0 radical (unpaired) electrons. The minimum absolute atomic E-state index is 0.154. The van der Waals surface area contributed by atoms with Gasteiger partial charge in [-0.1, -0.05) is 0 Å². The van der Waals surface area contributed by atoms with Gasteiger partial charge >= 0.3 is 0 Å². The lowest BCUT2D eigenvalue weighted by molar-refractivity contribution is -0.115. The number of benzene rings is 1. The van der Waals surface area contributed by atoms with E-state index >= 15 is 0 Å². The zero-order valence-corrected chi connectivity index (χ0v) is 11.2. The van der Waals surface area contributed by atoms with Gasteiger partial charge in [-0.05, 0) is 19.1 Å². The maximum atomic E-state index is 12.0. The third kappa shape index (κ3) is 2.45. The van der Waals surface area contributed by atoms with E-state index in [9.17, 15) is 4.79 Å². The van der Waals surface area contributed by atoms with Gasteiger partial charge in [0.2, 0.25) is 12.7 Å². The van der Waals surface area contributed by atoms with E-state index < -0.39 is 0 Å². The number of carbonyl (C=O) groups excluding carboxylic acids is 1. The Morgan fingerprint density at radius 2 is 2.10 bits per heavy atom. The van der Waals surface area contributed by atoms with Crippen LogP contribution in [-0.2, 0) is 11.2 Å². The SMILES string of the molecule is Cc1nc(C)c(CC(=O)Nc2ccc3c(c2)OCO3)o1. The molecule has 6 heteroatoms. The van der Waals surface area contributed by atoms with E-state index in [0.717, 1.165) is 5.69 Å². The van der Waals surface area contributed by atoms with E-state index in [2.05, 4.69) is 10.3 Å². The van der Waals surface area contributed by atoms with Crippen molar-refractivity contribution in [3.8, 4) is 11.5 Å². The van der Waals surface area contributed by atoms with Crippen LogP contribution in [0.1, 0.15) is 17.3 Å². The van der Waals surface area contributed by atoms with Crippen LogP contribution in [0.4, 0.5) is 5.69 Å². The molecule has 0 bridgehead atoms. The molecule has 1 aliphatic heterocycles. The Labute approximate surface area is 115 Å². The van der Waals surface area contributed by atoms with E-state index in [-0.39, 0.29) is 19.1 Å². The van der Waals surface area contributed by atoms with Gasteiger partial charge in [0.1, 0.15) is 5.76 Å². The summed E-state index contributed by atoms with van der Waals surface area (Å²) in [4.78, 5) is 16.1. The first-order chi connectivity index (χ1) is 9.61. The summed E-state index contributed by atoms with van der Waals surface area (Å²) in [6.45, 7) is 3.79. The summed E-state index contributed by atoms with van der Waals surface area (Å²) in [5.41, 5.74) is 1.40. The van der Waals surface area contributed by atoms with E-state index in [1.165, 1.54) is 0 Å². The Bertz CT molecular complexity index is 663. The molecule has 0 fully saturated rings. The minimum atomic E-state index is -0.164. The van der Waals surface area contributed by atoms with Gasteiger partial charge < -0.3 is 19.2 Å². The highest BCUT2D eigenvalue weighted by atomic mass is 16.7. The average Bonchev–Trinajstić information content (AvgIpc) is 2.96. The summed E-state index contributed by atoms with van der Waals surface area (Å²) in [6.07, 6.45) is 0.154. The number of nitrogens with one attached hydrogen (secondary N) is 1. The molecule has 3 rings (SSSR count). The summed E-state index contributed by atoms with van der Waals surface area (Å²) >= 11 is 0. The maximum absolute atomic E-state index is 12.0. The molecule has 0 unspecified atom stereocenters. The van der Waals surface area contributed by atoms with Crippen molar-refractivity contribution in [3.05, 3.63) is 35.5 Å². The van der Waals surface area contributed by atoms with Gasteiger partial charge in [0.05, 0.1) is 12.1 Å². The summed E-state index contributed by atoms with van der Waals surface area (Å²) in [5.74, 6) is 2.30. The highest BCUT2D eigenvalue weighted by Crippen LogP contribution is 2.34. The number of rotatable bonds is 3. The first kappa shape index (κ1) is 12.5. The van der Waals surface area contributed by atoms with Gasteiger partial charge in [-0.2, -0.15) is 0 Å². The maximum Gasteiger partial charge on any atom is 0.232 e. The monoisotopic (exact) mass is 274 g/mol. The number of amides is 1. The minimum Gasteiger partial charge on any atom is -0.454 e. The first-order valence-electron chi connectivity index (χ1n) is 6.24. The molecule has 2 heterocycles. The Morgan fingerprint density at radius 1 is 1.30 bits per heavy atom. The fourth-order valence-electron chi connectivity index (χ4n) is 2.06. The second-order valence-electron chi connectivity index (χ2n) is 4.53. The van der Waals surface area contributed by atoms with Gasteiger partial charge in [0, 0.05) is 18.7 Å². The molecular weight excluding hydrogens is 260 g/mol. The lowest BCUT2D eigenvalue weighted by Crippen LogP contribution is -2.14. The molecule has 20 heavy (non-hydrogen) atoms. The van der Waals surface area contributed by atoms with Crippen molar-refractivity contribution in [1.82, 2.24) is 4.98 Å². The molecule has 0 atom stereocenters. The molecule has 1 aromatic heterocycles. The highest BCUT2D eigenvalue weighted by Gasteiger charge is 2.15. The Balaban J connectivity index is 1.68. The Hall–Kier alpha value is -2.50. The standard InChI is InChI=1S/C14H14N2O4/c1-8-12(20-9(2)15-8)6-14(17)16-10-3-4-11-13(5-10)19-7-18-11/h3-5H,6-7H2,1-2H3,(H,16,17). The van der Waals surface area contributed by atoms with E-state index in [4.69, 9.17) is 13.9 Å². The van der Waals surface area contributed by atoms with Crippen LogP contribution in [0.15, 0.2) is 22.6 Å². The summed E-state index contributed by atoms with van der Waals surface area (Å²) < 4.78 is 15.9. The van der Waals surface area contributed by atoms with Crippen LogP contribution < -0.4 is 14.8 Å². The van der Waals surface area contributed by atoms with Crippen molar-refractivity contribution in [2.75, 3.05) is 12.1 Å². The van der Waals surface area contributed by atoms with Crippen LogP contribution in [0.3, 0.4) is 0 Å². The Morgan fingerprint density at radius 3 is 2.85 bits per heavy atom. The molecule has 1 aliphatic rings. The van der Waals surface area contributed by atoms with Crippen LogP contribution in [0.25, 0.3) is 0 Å². The number of fused-ring (bicyclic) bond motifs is 1. The van der Waals surface area contributed by atoms with Crippen LogP contribution in [0, 0.1) is 13.8 Å². The second kappa shape index (κ2) is 4.88. The van der Waals surface area contributed by atoms with E-state index in [1.807, 2.05) is 6.92 Å². The lowest BCUT2D eigenvalue weighted by Gasteiger charge is -2.05. The van der Waals surface area contributed by atoms with Crippen molar-refractivity contribution in [3.63, 3.8) is 0 Å². The lowest BCUT2D eigenvalue weighted by atomic mass is 10.2. The molecule has 2 aromatic rings. The summed E-state index contributed by atoms with van der Waals surface area (Å²) in [5, 5.41) is 2.79. The van der Waals surface area contributed by atoms with Crippen molar-refractivity contribution >= 4 is 11.6 Å². The zero-order valence-electron chi connectivity index (χ0n) is 11.2. The predicted molar refractivity (Wildman–Crippen MR) is 70.9 cm³/mol. The molecule has 1 N–H and O–H groups in total. The highest BCUT2D eigenvalue weighted by molar-refractivity contribution is 5.92. The summed E-state index contributed by atoms with van der Waals surface area (Å²) in [6, 6.07) is 5.27. The van der Waals surface area contributed by atoms with Gasteiger partial charge in [-0.15, -0.1) is 0 Å². The van der Waals surface area contributed by atoms with Crippen LogP contribution in [0.5, 0.6) is 11.5 Å². The Kier molecular flexibility index (Phi) is 3.06. The number of hydrogen-bond donors (Lipinski definition) is 1. The van der Waals surface area contributed by atoms with E-state index in [0.29, 0.717) is 28.8 Å². The molecule has 0 saturated carbocycles. The van der Waals surface area contributed by atoms with Crippen LogP contribution >= 0.6 is 0 Å². The second-order valence-corrected chi connectivity index (χ2v) is 4.53. The number of ether oxygens (including phenoxy) is 2. The largest absolute Gasteiger partial charge is 0.454 e. The van der Waals surface area contributed by atoms with Crippen molar-refractivity contribution in [2.45, 2.75) is 20.3 Å². The zero-order chi connectivity index (χ0) is 14.1. The fourth-order valence-corrected chi connectivity index (χ4v) is 2.06. The number of carbonyl (C=O) groups is 1. The predicted octanol–water partition coefficient (Wildman–Crippen LogP) is 2.20. The quantitative estimate of drug-likeness (QED) is 0.928. The first-order valence-corrected chi connectivity index (χ1v) is 6.24. The molecule has 0 saturated heterocycles.